The molecule has 1 fully saturated rings. The van der Waals surface area contributed by atoms with Crippen LogP contribution in [-0.2, 0) is 42.4 Å². The van der Waals surface area contributed by atoms with Crippen molar-refractivity contribution in [2.75, 3.05) is 27.3 Å². The minimum Gasteiger partial charge on any atom is -0.497 e. The lowest BCUT2D eigenvalue weighted by molar-refractivity contribution is -0.239. The Hall–Kier alpha value is -3.97. The van der Waals surface area contributed by atoms with E-state index in [0.717, 1.165) is 22.9 Å². The SMILES string of the molecule is COc1ccc2cc(S(=O)(=O)NCC(C(=O)NC(Cc3ccc(CN4C(C)CCCC4C)cc3)C(=O)N(C)C(C)C)C3=CCOO3)ccc2c1. The highest BCUT2D eigenvalue weighted by Crippen LogP contribution is 2.26. The van der Waals surface area contributed by atoms with Crippen molar-refractivity contribution in [3.8, 4) is 5.75 Å². The second kappa shape index (κ2) is 16.4. The number of hydrogen-bond donors (Lipinski definition) is 2. The maximum Gasteiger partial charge on any atom is 0.245 e. The van der Waals surface area contributed by atoms with E-state index in [1.165, 1.54) is 30.9 Å². The molecule has 3 aromatic rings. The number of likely N-dealkylation sites (N-methyl/N-ethyl adjacent to an activating group) is 1. The molecular weight excluding hydrogens is 657 g/mol. The normalized spacial score (nSPS) is 19.5. The van der Waals surface area contributed by atoms with Crippen molar-refractivity contribution in [3.63, 3.8) is 0 Å². The quantitative estimate of drug-likeness (QED) is 0.226. The summed E-state index contributed by atoms with van der Waals surface area (Å²) in [5, 5.41) is 4.46. The first-order valence-corrected chi connectivity index (χ1v) is 18.8. The van der Waals surface area contributed by atoms with Gasteiger partial charge < -0.3 is 19.8 Å². The maximum atomic E-state index is 13.9. The minimum atomic E-state index is -4.03. The Morgan fingerprint density at radius 2 is 1.64 bits per heavy atom. The number of nitrogens with zero attached hydrogens (tertiary/aromatic N) is 2. The summed E-state index contributed by atoms with van der Waals surface area (Å²) in [6.07, 6.45) is 5.50. The molecular formula is C38H50N4O7S. The van der Waals surface area contributed by atoms with Gasteiger partial charge in [0, 0.05) is 44.7 Å². The van der Waals surface area contributed by atoms with Crippen molar-refractivity contribution in [2.24, 2.45) is 5.92 Å². The number of methoxy groups -OCH3 is 1. The van der Waals surface area contributed by atoms with Crippen LogP contribution in [0.15, 0.2) is 77.4 Å². The topological polar surface area (TPSA) is 127 Å². The fourth-order valence-corrected chi connectivity index (χ4v) is 7.62. The van der Waals surface area contributed by atoms with Gasteiger partial charge in [-0.3, -0.25) is 14.5 Å². The first kappa shape index (κ1) is 37.3. The summed E-state index contributed by atoms with van der Waals surface area (Å²) in [6, 6.07) is 18.4. The highest BCUT2D eigenvalue weighted by molar-refractivity contribution is 7.89. The number of piperidine rings is 1. The monoisotopic (exact) mass is 706 g/mol. The molecule has 0 bridgehead atoms. The van der Waals surface area contributed by atoms with Crippen LogP contribution < -0.4 is 14.8 Å². The van der Waals surface area contributed by atoms with Crippen molar-refractivity contribution in [3.05, 3.63) is 83.6 Å². The fourth-order valence-electron chi connectivity index (χ4n) is 6.53. The van der Waals surface area contributed by atoms with E-state index in [1.807, 2.05) is 32.0 Å². The summed E-state index contributed by atoms with van der Waals surface area (Å²) in [6.45, 7) is 9.04. The summed E-state index contributed by atoms with van der Waals surface area (Å²) >= 11 is 0. The van der Waals surface area contributed by atoms with Crippen LogP contribution in [0.4, 0.5) is 0 Å². The Labute approximate surface area is 295 Å². The number of fused-ring (bicyclic) bond motifs is 1. The molecule has 2 aliphatic heterocycles. The van der Waals surface area contributed by atoms with Gasteiger partial charge in [0.2, 0.25) is 21.8 Å². The Morgan fingerprint density at radius 3 is 2.28 bits per heavy atom. The van der Waals surface area contributed by atoms with E-state index in [9.17, 15) is 18.0 Å². The zero-order chi connectivity index (χ0) is 36.0. The molecule has 0 saturated carbocycles. The average Bonchev–Trinajstić information content (AvgIpc) is 3.64. The van der Waals surface area contributed by atoms with Crippen LogP contribution >= 0.6 is 0 Å². The van der Waals surface area contributed by atoms with Crippen LogP contribution in [0.2, 0.25) is 0 Å². The molecule has 2 heterocycles. The van der Waals surface area contributed by atoms with Gasteiger partial charge in [-0.15, -0.1) is 0 Å². The molecule has 270 valence electrons. The van der Waals surface area contributed by atoms with Gasteiger partial charge in [-0.05, 0) is 92.8 Å². The number of nitrogens with one attached hydrogen (secondary N) is 2. The number of ether oxygens (including phenoxy) is 1. The van der Waals surface area contributed by atoms with Crippen LogP contribution in [0.25, 0.3) is 10.8 Å². The smallest absolute Gasteiger partial charge is 0.245 e. The van der Waals surface area contributed by atoms with Crippen LogP contribution in [0.1, 0.15) is 58.1 Å². The molecule has 50 heavy (non-hydrogen) atoms. The van der Waals surface area contributed by atoms with Crippen molar-refractivity contribution in [1.29, 1.82) is 0 Å². The number of carbonyl (C=O) groups is 2. The number of carbonyl (C=O) groups excluding carboxylic acids is 2. The minimum absolute atomic E-state index is 0.0474. The number of rotatable bonds is 14. The largest absolute Gasteiger partial charge is 0.497 e. The highest BCUT2D eigenvalue weighted by atomic mass is 32.2. The van der Waals surface area contributed by atoms with Gasteiger partial charge in [-0.2, -0.15) is 4.89 Å². The Kier molecular flexibility index (Phi) is 12.2. The number of sulfonamides is 1. The van der Waals surface area contributed by atoms with Gasteiger partial charge in [0.05, 0.1) is 12.0 Å². The lowest BCUT2D eigenvalue weighted by Crippen LogP contribution is -2.52. The zero-order valence-electron chi connectivity index (χ0n) is 29.8. The van der Waals surface area contributed by atoms with Gasteiger partial charge in [0.25, 0.3) is 0 Å². The molecule has 4 unspecified atom stereocenters. The number of amides is 2. The number of likely N-dealkylation sites (tertiary alicyclic amines) is 1. The molecule has 11 nitrogen and oxygen atoms in total. The summed E-state index contributed by atoms with van der Waals surface area (Å²) in [4.78, 5) is 42.2. The van der Waals surface area contributed by atoms with E-state index in [2.05, 4.69) is 40.9 Å². The third-order valence-corrected chi connectivity index (χ3v) is 11.3. The van der Waals surface area contributed by atoms with Gasteiger partial charge >= 0.3 is 0 Å². The van der Waals surface area contributed by atoms with Crippen molar-refractivity contribution < 1.29 is 32.5 Å². The average molecular weight is 707 g/mol. The van der Waals surface area contributed by atoms with Crippen molar-refractivity contribution in [1.82, 2.24) is 19.8 Å². The molecule has 0 aliphatic carbocycles. The predicted octanol–water partition coefficient (Wildman–Crippen LogP) is 4.95. The Balaban J connectivity index is 1.32. The van der Waals surface area contributed by atoms with Crippen LogP contribution in [0.3, 0.4) is 0 Å². The van der Waals surface area contributed by atoms with Gasteiger partial charge in [-0.1, -0.05) is 42.8 Å². The molecule has 3 aromatic carbocycles. The first-order chi connectivity index (χ1) is 23.9. The standard InChI is InChI=1S/C38H50N4O7S/c1-25(2)41(5)38(44)35(20-28-10-12-29(13-11-28)24-42-26(3)8-7-9-27(42)4)40-37(43)34(36-18-19-48-49-36)23-39-50(45,46)33-17-15-30-21-32(47-6)16-14-31(30)22-33/h10-18,21-22,25-27,34-35,39H,7-9,19-20,23-24H2,1-6H3,(H,40,43). The zero-order valence-corrected chi connectivity index (χ0v) is 30.7. The number of hydrogen-bond acceptors (Lipinski definition) is 8. The molecule has 2 aliphatic rings. The van der Waals surface area contributed by atoms with Gasteiger partial charge in [0.1, 0.15) is 24.3 Å². The molecule has 1 saturated heterocycles. The molecule has 12 heteroatoms. The Morgan fingerprint density at radius 1 is 0.980 bits per heavy atom. The predicted molar refractivity (Wildman–Crippen MR) is 193 cm³/mol. The molecule has 2 amide bonds. The molecule has 0 spiro atoms. The molecule has 0 aromatic heterocycles. The molecule has 4 atom stereocenters. The maximum absolute atomic E-state index is 13.9. The van der Waals surface area contributed by atoms with Gasteiger partial charge in [0.15, 0.2) is 5.76 Å². The highest BCUT2D eigenvalue weighted by Gasteiger charge is 2.34. The van der Waals surface area contributed by atoms with E-state index in [4.69, 9.17) is 14.5 Å². The van der Waals surface area contributed by atoms with Crippen LogP contribution in [-0.4, -0.2) is 81.5 Å². The molecule has 2 N–H and O–H groups in total. The summed E-state index contributed by atoms with van der Waals surface area (Å²) in [5.74, 6) is -1.07. The van der Waals surface area contributed by atoms with Crippen LogP contribution in [0.5, 0.6) is 5.75 Å². The second-order valence-electron chi connectivity index (χ2n) is 13.7. The third kappa shape index (κ3) is 9.03. The number of benzene rings is 3. The lowest BCUT2D eigenvalue weighted by Gasteiger charge is -2.39. The van der Waals surface area contributed by atoms with E-state index >= 15 is 0 Å². The summed E-state index contributed by atoms with van der Waals surface area (Å²) in [5.41, 5.74) is 2.10. The molecule has 5 rings (SSSR count). The van der Waals surface area contributed by atoms with E-state index in [1.54, 1.807) is 49.4 Å². The summed E-state index contributed by atoms with van der Waals surface area (Å²) in [7, 11) is -0.753. The van der Waals surface area contributed by atoms with E-state index in [-0.39, 0.29) is 42.2 Å². The van der Waals surface area contributed by atoms with Gasteiger partial charge in [-0.25, -0.2) is 13.1 Å². The Bertz CT molecular complexity index is 1780. The van der Waals surface area contributed by atoms with Crippen molar-refractivity contribution >= 4 is 32.6 Å². The van der Waals surface area contributed by atoms with Crippen LogP contribution in [0, 0.1) is 5.92 Å². The lowest BCUT2D eigenvalue weighted by atomic mass is 9.96. The second-order valence-corrected chi connectivity index (χ2v) is 15.4. The fraction of sp³-hybridized carbons (Fsp3) is 0.474. The van der Waals surface area contributed by atoms with Crippen molar-refractivity contribution in [2.45, 2.75) is 89.0 Å². The summed E-state index contributed by atoms with van der Waals surface area (Å²) < 4.78 is 34.7. The first-order valence-electron chi connectivity index (χ1n) is 17.3. The van der Waals surface area contributed by atoms with E-state index in [0.29, 0.717) is 17.8 Å². The van der Waals surface area contributed by atoms with E-state index < -0.39 is 27.9 Å². The molecule has 0 radical (unpaired) electrons. The third-order valence-electron chi connectivity index (χ3n) is 9.92.